The van der Waals surface area contributed by atoms with Gasteiger partial charge in [0.1, 0.15) is 5.75 Å². The Bertz CT molecular complexity index is 408. The average molecular weight is 229 g/mol. The Hall–Kier alpha value is -1.46. The third-order valence-electron chi connectivity index (χ3n) is 3.46. The zero-order valence-corrected chi connectivity index (χ0v) is 10.3. The Morgan fingerprint density at radius 2 is 2.35 bits per heavy atom. The van der Waals surface area contributed by atoms with Crippen LogP contribution >= 0.6 is 0 Å². The first-order chi connectivity index (χ1) is 8.36. The summed E-state index contributed by atoms with van der Waals surface area (Å²) < 4.78 is 5.68. The summed E-state index contributed by atoms with van der Waals surface area (Å²) in [5.74, 6) is 4.27. The molecule has 17 heavy (non-hydrogen) atoms. The maximum Gasteiger partial charge on any atom is 0.122 e. The molecule has 2 atom stereocenters. The molecule has 0 aromatic heterocycles. The minimum atomic E-state index is 0.441. The number of likely N-dealkylation sites (N-methyl/N-ethyl adjacent to an activating group) is 1. The SMILES string of the molecule is C#CCCC(NC)C1CCOc2ccccc21. The fourth-order valence-electron chi connectivity index (χ4n) is 2.57. The zero-order valence-electron chi connectivity index (χ0n) is 10.3. The summed E-state index contributed by atoms with van der Waals surface area (Å²) in [6, 6.07) is 8.76. The van der Waals surface area contributed by atoms with Crippen LogP contribution < -0.4 is 10.1 Å². The molecule has 0 saturated heterocycles. The van der Waals surface area contributed by atoms with Crippen molar-refractivity contribution < 1.29 is 4.74 Å². The van der Waals surface area contributed by atoms with Crippen molar-refractivity contribution in [2.24, 2.45) is 0 Å². The van der Waals surface area contributed by atoms with Gasteiger partial charge in [0.25, 0.3) is 0 Å². The molecule has 2 nitrogen and oxygen atoms in total. The maximum atomic E-state index is 5.68. The van der Waals surface area contributed by atoms with Gasteiger partial charge in [-0.25, -0.2) is 0 Å². The Kier molecular flexibility index (Phi) is 4.06. The van der Waals surface area contributed by atoms with Crippen LogP contribution in [0.1, 0.15) is 30.7 Å². The van der Waals surface area contributed by atoms with Gasteiger partial charge in [-0.05, 0) is 31.5 Å². The molecule has 2 unspecified atom stereocenters. The summed E-state index contributed by atoms with van der Waals surface area (Å²) in [6.07, 6.45) is 8.26. The Balaban J connectivity index is 2.19. The lowest BCUT2D eigenvalue weighted by Crippen LogP contribution is -2.34. The van der Waals surface area contributed by atoms with Crippen LogP contribution in [0.2, 0.25) is 0 Å². The second-order valence-corrected chi connectivity index (χ2v) is 4.42. The molecule has 1 aromatic rings. The number of benzene rings is 1. The van der Waals surface area contributed by atoms with Gasteiger partial charge in [-0.1, -0.05) is 18.2 Å². The van der Waals surface area contributed by atoms with E-state index in [1.54, 1.807) is 0 Å². The van der Waals surface area contributed by atoms with Crippen LogP contribution in [-0.4, -0.2) is 19.7 Å². The van der Waals surface area contributed by atoms with E-state index in [1.165, 1.54) is 5.56 Å². The number of terminal acetylenes is 1. The van der Waals surface area contributed by atoms with E-state index in [-0.39, 0.29) is 0 Å². The van der Waals surface area contributed by atoms with Crippen LogP contribution in [0.15, 0.2) is 24.3 Å². The van der Waals surface area contributed by atoms with Gasteiger partial charge in [0, 0.05) is 18.4 Å². The molecule has 1 aliphatic rings. The number of fused-ring (bicyclic) bond motifs is 1. The van der Waals surface area contributed by atoms with Gasteiger partial charge in [0.2, 0.25) is 0 Å². The van der Waals surface area contributed by atoms with Gasteiger partial charge in [-0.2, -0.15) is 0 Å². The van der Waals surface area contributed by atoms with Crippen LogP contribution in [0.5, 0.6) is 5.75 Å². The van der Waals surface area contributed by atoms with Gasteiger partial charge in [0.15, 0.2) is 0 Å². The van der Waals surface area contributed by atoms with Crippen molar-refractivity contribution >= 4 is 0 Å². The summed E-state index contributed by atoms with van der Waals surface area (Å²) >= 11 is 0. The summed E-state index contributed by atoms with van der Waals surface area (Å²) in [5.41, 5.74) is 1.31. The van der Waals surface area contributed by atoms with E-state index in [1.807, 2.05) is 13.1 Å². The summed E-state index contributed by atoms with van der Waals surface area (Å²) in [4.78, 5) is 0. The lowest BCUT2D eigenvalue weighted by Gasteiger charge is -2.32. The minimum absolute atomic E-state index is 0.441. The molecule has 0 bridgehead atoms. The topological polar surface area (TPSA) is 21.3 Å². The number of rotatable bonds is 4. The van der Waals surface area contributed by atoms with E-state index in [4.69, 9.17) is 11.2 Å². The maximum absolute atomic E-state index is 5.68. The molecule has 0 radical (unpaired) electrons. The Labute approximate surface area is 103 Å². The third-order valence-corrected chi connectivity index (χ3v) is 3.46. The predicted octanol–water partition coefficient (Wildman–Crippen LogP) is 2.55. The molecule has 2 heteroatoms. The van der Waals surface area contributed by atoms with Crippen LogP contribution in [0.4, 0.5) is 0 Å². The van der Waals surface area contributed by atoms with Gasteiger partial charge in [0.05, 0.1) is 6.61 Å². The van der Waals surface area contributed by atoms with Gasteiger partial charge < -0.3 is 10.1 Å². The first-order valence-electron chi connectivity index (χ1n) is 6.19. The minimum Gasteiger partial charge on any atom is -0.493 e. The van der Waals surface area contributed by atoms with Crippen LogP contribution in [0.25, 0.3) is 0 Å². The van der Waals surface area contributed by atoms with Crippen LogP contribution in [0, 0.1) is 12.3 Å². The van der Waals surface area contributed by atoms with E-state index < -0.39 is 0 Å². The number of ether oxygens (including phenoxy) is 1. The Morgan fingerprint density at radius 1 is 1.53 bits per heavy atom. The highest BCUT2D eigenvalue weighted by Gasteiger charge is 2.27. The first kappa shape index (κ1) is 12.0. The molecule has 1 aromatic carbocycles. The largest absolute Gasteiger partial charge is 0.493 e. The van der Waals surface area contributed by atoms with Crippen molar-refractivity contribution in [2.75, 3.05) is 13.7 Å². The van der Waals surface area contributed by atoms with E-state index in [9.17, 15) is 0 Å². The summed E-state index contributed by atoms with van der Waals surface area (Å²) in [6.45, 7) is 0.802. The first-order valence-corrected chi connectivity index (χ1v) is 6.19. The van der Waals surface area contributed by atoms with Crippen molar-refractivity contribution in [3.8, 4) is 18.1 Å². The third kappa shape index (κ3) is 2.62. The normalized spacial score (nSPS) is 19.9. The second kappa shape index (κ2) is 5.75. The second-order valence-electron chi connectivity index (χ2n) is 4.42. The van der Waals surface area contributed by atoms with Crippen molar-refractivity contribution in [1.29, 1.82) is 0 Å². The van der Waals surface area contributed by atoms with E-state index in [0.717, 1.165) is 31.6 Å². The van der Waals surface area contributed by atoms with Gasteiger partial charge >= 0.3 is 0 Å². The Morgan fingerprint density at radius 3 is 3.12 bits per heavy atom. The molecule has 1 aliphatic heterocycles. The van der Waals surface area contributed by atoms with Crippen LogP contribution in [0.3, 0.4) is 0 Å². The highest BCUT2D eigenvalue weighted by molar-refractivity contribution is 5.38. The molecule has 1 heterocycles. The number of hydrogen-bond donors (Lipinski definition) is 1. The molecule has 0 amide bonds. The molecule has 0 spiro atoms. The standard InChI is InChI=1S/C15H19NO/c1-3-4-8-14(16-2)12-10-11-17-15-9-6-5-7-13(12)15/h1,5-7,9,12,14,16H,4,8,10-11H2,2H3. The molecule has 0 fully saturated rings. The molecule has 0 aliphatic carbocycles. The molecule has 90 valence electrons. The van der Waals surface area contributed by atoms with Crippen molar-refractivity contribution in [2.45, 2.75) is 31.2 Å². The number of nitrogens with one attached hydrogen (secondary N) is 1. The fourth-order valence-corrected chi connectivity index (χ4v) is 2.57. The molecule has 0 saturated carbocycles. The van der Waals surface area contributed by atoms with E-state index >= 15 is 0 Å². The quantitative estimate of drug-likeness (QED) is 0.801. The van der Waals surface area contributed by atoms with Crippen LogP contribution in [-0.2, 0) is 0 Å². The monoisotopic (exact) mass is 229 g/mol. The van der Waals surface area contributed by atoms with Crippen molar-refractivity contribution in [3.05, 3.63) is 29.8 Å². The molecular formula is C15H19NO. The van der Waals surface area contributed by atoms with Gasteiger partial charge in [-0.3, -0.25) is 0 Å². The zero-order chi connectivity index (χ0) is 12.1. The average Bonchev–Trinajstić information content (AvgIpc) is 2.40. The lowest BCUT2D eigenvalue weighted by molar-refractivity contribution is 0.245. The fraction of sp³-hybridized carbons (Fsp3) is 0.467. The molecule has 2 rings (SSSR count). The number of hydrogen-bond acceptors (Lipinski definition) is 2. The lowest BCUT2D eigenvalue weighted by atomic mass is 9.84. The summed E-state index contributed by atoms with van der Waals surface area (Å²) in [7, 11) is 2.01. The summed E-state index contributed by atoms with van der Waals surface area (Å²) in [5, 5.41) is 3.40. The van der Waals surface area contributed by atoms with Gasteiger partial charge in [-0.15, -0.1) is 12.3 Å². The number of para-hydroxylation sites is 1. The van der Waals surface area contributed by atoms with Crippen molar-refractivity contribution in [3.63, 3.8) is 0 Å². The van der Waals surface area contributed by atoms with Crippen molar-refractivity contribution in [1.82, 2.24) is 5.32 Å². The van der Waals surface area contributed by atoms with E-state index in [0.29, 0.717) is 12.0 Å². The highest BCUT2D eigenvalue weighted by atomic mass is 16.5. The predicted molar refractivity (Wildman–Crippen MR) is 70.2 cm³/mol. The smallest absolute Gasteiger partial charge is 0.122 e. The molecule has 1 N–H and O–H groups in total. The molecular weight excluding hydrogens is 210 g/mol. The highest BCUT2D eigenvalue weighted by Crippen LogP contribution is 2.36. The van der Waals surface area contributed by atoms with E-state index in [2.05, 4.69) is 29.4 Å².